The zero-order chi connectivity index (χ0) is 18.5. The fourth-order valence-corrected chi connectivity index (χ4v) is 2.81. The Hall–Kier alpha value is -3.42. The van der Waals surface area contributed by atoms with E-state index >= 15 is 0 Å². The Labute approximate surface area is 154 Å². The molecular formula is C19H17FN6O. The van der Waals surface area contributed by atoms with Crippen molar-refractivity contribution in [3.05, 3.63) is 77.7 Å². The van der Waals surface area contributed by atoms with Crippen LogP contribution in [0.15, 0.2) is 59.0 Å². The summed E-state index contributed by atoms with van der Waals surface area (Å²) in [6.07, 6.45) is 2.61. The van der Waals surface area contributed by atoms with E-state index in [2.05, 4.69) is 37.9 Å². The van der Waals surface area contributed by atoms with Crippen LogP contribution in [0.3, 0.4) is 0 Å². The number of aryl methyl sites for hydroxylation is 2. The minimum Gasteiger partial charge on any atom is -0.419 e. The Bertz CT molecular complexity index is 1010. The lowest BCUT2D eigenvalue weighted by Crippen LogP contribution is -2.08. The average Bonchev–Trinajstić information content (AvgIpc) is 3.33. The molecule has 0 fully saturated rings. The number of benzene rings is 2. The molecule has 0 bridgehead atoms. The molecule has 0 aliphatic carbocycles. The van der Waals surface area contributed by atoms with Gasteiger partial charge in [-0.25, -0.2) is 9.07 Å². The SMILES string of the molecule is Fc1ccccc1-c1nnc(Cn2nnnc2CCCc2ccccc2)o1. The van der Waals surface area contributed by atoms with Crippen molar-refractivity contribution < 1.29 is 8.81 Å². The third kappa shape index (κ3) is 4.05. The van der Waals surface area contributed by atoms with Crippen molar-refractivity contribution in [2.24, 2.45) is 0 Å². The van der Waals surface area contributed by atoms with Crippen molar-refractivity contribution in [2.75, 3.05) is 0 Å². The minimum atomic E-state index is -0.406. The summed E-state index contributed by atoms with van der Waals surface area (Å²) in [6, 6.07) is 16.5. The molecule has 2 aromatic heterocycles. The first-order valence-corrected chi connectivity index (χ1v) is 8.66. The van der Waals surface area contributed by atoms with Crippen molar-refractivity contribution in [3.8, 4) is 11.5 Å². The van der Waals surface area contributed by atoms with Gasteiger partial charge in [-0.3, -0.25) is 0 Å². The summed E-state index contributed by atoms with van der Waals surface area (Å²) in [5.74, 6) is 0.806. The maximum absolute atomic E-state index is 13.8. The van der Waals surface area contributed by atoms with Gasteiger partial charge in [0, 0.05) is 6.42 Å². The maximum atomic E-state index is 13.8. The number of halogens is 1. The van der Waals surface area contributed by atoms with Gasteiger partial charge in [0.1, 0.15) is 12.4 Å². The quantitative estimate of drug-likeness (QED) is 0.501. The molecule has 4 aromatic rings. The molecule has 0 radical (unpaired) electrons. The number of rotatable bonds is 7. The molecule has 0 amide bonds. The van der Waals surface area contributed by atoms with Crippen LogP contribution >= 0.6 is 0 Å². The lowest BCUT2D eigenvalue weighted by atomic mass is 10.1. The van der Waals surface area contributed by atoms with Crippen molar-refractivity contribution in [2.45, 2.75) is 25.8 Å². The lowest BCUT2D eigenvalue weighted by molar-refractivity contribution is 0.459. The summed E-state index contributed by atoms with van der Waals surface area (Å²) in [5.41, 5.74) is 1.55. The zero-order valence-corrected chi connectivity index (χ0v) is 14.5. The highest BCUT2D eigenvalue weighted by atomic mass is 19.1. The first-order valence-electron chi connectivity index (χ1n) is 8.66. The van der Waals surface area contributed by atoms with Gasteiger partial charge in [0.2, 0.25) is 5.89 Å². The maximum Gasteiger partial charge on any atom is 0.250 e. The summed E-state index contributed by atoms with van der Waals surface area (Å²) < 4.78 is 21.0. The van der Waals surface area contributed by atoms with Crippen LogP contribution in [0.1, 0.15) is 23.7 Å². The molecule has 0 aliphatic heterocycles. The second kappa shape index (κ2) is 7.86. The lowest BCUT2D eigenvalue weighted by Gasteiger charge is -2.02. The summed E-state index contributed by atoms with van der Waals surface area (Å²) in [7, 11) is 0. The smallest absolute Gasteiger partial charge is 0.250 e. The predicted molar refractivity (Wildman–Crippen MR) is 95.1 cm³/mol. The molecule has 2 aromatic carbocycles. The molecule has 0 saturated heterocycles. The van der Waals surface area contributed by atoms with E-state index in [1.807, 2.05) is 18.2 Å². The van der Waals surface area contributed by atoms with Crippen LogP contribution in [-0.2, 0) is 19.4 Å². The number of hydrogen-bond donors (Lipinski definition) is 0. The van der Waals surface area contributed by atoms with Gasteiger partial charge >= 0.3 is 0 Å². The first kappa shape index (κ1) is 17.0. The molecule has 136 valence electrons. The standard InChI is InChI=1S/C19H17FN6O/c20-16-11-5-4-10-15(16)19-23-22-18(27-19)13-26-17(21-24-25-26)12-6-9-14-7-2-1-3-8-14/h1-5,7-8,10-11H,6,9,12-13H2. The van der Waals surface area contributed by atoms with E-state index < -0.39 is 5.82 Å². The Kier molecular flexibility index (Phi) is 4.95. The fourth-order valence-electron chi connectivity index (χ4n) is 2.81. The van der Waals surface area contributed by atoms with Crippen molar-refractivity contribution in [1.29, 1.82) is 0 Å². The summed E-state index contributed by atoms with van der Waals surface area (Å²) in [4.78, 5) is 0. The van der Waals surface area contributed by atoms with E-state index in [0.717, 1.165) is 25.1 Å². The Morgan fingerprint density at radius 3 is 2.56 bits per heavy atom. The van der Waals surface area contributed by atoms with E-state index in [9.17, 15) is 4.39 Å². The van der Waals surface area contributed by atoms with E-state index in [0.29, 0.717) is 5.89 Å². The largest absolute Gasteiger partial charge is 0.419 e. The van der Waals surface area contributed by atoms with Gasteiger partial charge in [-0.1, -0.05) is 42.5 Å². The van der Waals surface area contributed by atoms with Crippen LogP contribution in [0.2, 0.25) is 0 Å². The molecule has 0 aliphatic rings. The average molecular weight is 364 g/mol. The molecule has 8 heteroatoms. The van der Waals surface area contributed by atoms with E-state index in [-0.39, 0.29) is 18.0 Å². The highest BCUT2D eigenvalue weighted by Gasteiger charge is 2.15. The molecule has 0 unspecified atom stereocenters. The van der Waals surface area contributed by atoms with Crippen molar-refractivity contribution >= 4 is 0 Å². The van der Waals surface area contributed by atoms with Gasteiger partial charge in [0.05, 0.1) is 5.56 Å². The Morgan fingerprint density at radius 1 is 0.889 bits per heavy atom. The van der Waals surface area contributed by atoms with Crippen LogP contribution in [0, 0.1) is 5.82 Å². The number of hydrogen-bond acceptors (Lipinski definition) is 6. The number of tetrazole rings is 1. The van der Waals surface area contributed by atoms with Gasteiger partial charge in [-0.05, 0) is 41.0 Å². The molecule has 2 heterocycles. The molecule has 0 spiro atoms. The molecule has 0 N–H and O–H groups in total. The first-order chi connectivity index (χ1) is 13.3. The predicted octanol–water partition coefficient (Wildman–Crippen LogP) is 3.09. The van der Waals surface area contributed by atoms with Crippen LogP contribution in [-0.4, -0.2) is 30.4 Å². The van der Waals surface area contributed by atoms with Gasteiger partial charge in [0.25, 0.3) is 5.89 Å². The Balaban J connectivity index is 1.41. The minimum absolute atomic E-state index is 0.141. The molecular weight excluding hydrogens is 347 g/mol. The van der Waals surface area contributed by atoms with Crippen LogP contribution in [0.4, 0.5) is 4.39 Å². The molecule has 0 saturated carbocycles. The second-order valence-corrected chi connectivity index (χ2v) is 6.07. The molecule has 7 nitrogen and oxygen atoms in total. The third-order valence-electron chi connectivity index (χ3n) is 4.17. The second-order valence-electron chi connectivity index (χ2n) is 6.07. The van der Waals surface area contributed by atoms with Crippen LogP contribution in [0.25, 0.3) is 11.5 Å². The molecule has 0 atom stereocenters. The zero-order valence-electron chi connectivity index (χ0n) is 14.5. The van der Waals surface area contributed by atoms with Gasteiger partial charge in [-0.2, -0.15) is 0 Å². The van der Waals surface area contributed by atoms with Crippen molar-refractivity contribution in [3.63, 3.8) is 0 Å². The fraction of sp³-hybridized carbons (Fsp3) is 0.211. The van der Waals surface area contributed by atoms with Crippen LogP contribution in [0.5, 0.6) is 0 Å². The highest BCUT2D eigenvalue weighted by Crippen LogP contribution is 2.21. The van der Waals surface area contributed by atoms with E-state index in [1.165, 1.54) is 11.6 Å². The van der Waals surface area contributed by atoms with E-state index in [4.69, 9.17) is 4.42 Å². The molecule has 27 heavy (non-hydrogen) atoms. The monoisotopic (exact) mass is 364 g/mol. The Morgan fingerprint density at radius 2 is 1.70 bits per heavy atom. The summed E-state index contributed by atoms with van der Waals surface area (Å²) in [5, 5.41) is 19.7. The van der Waals surface area contributed by atoms with E-state index in [1.54, 1.807) is 22.9 Å². The van der Waals surface area contributed by atoms with Gasteiger partial charge in [0.15, 0.2) is 5.82 Å². The number of aromatic nitrogens is 6. The highest BCUT2D eigenvalue weighted by molar-refractivity contribution is 5.53. The summed E-state index contributed by atoms with van der Waals surface area (Å²) >= 11 is 0. The number of nitrogens with zero attached hydrogens (tertiary/aromatic N) is 6. The normalized spacial score (nSPS) is 11.0. The summed E-state index contributed by atoms with van der Waals surface area (Å²) in [6.45, 7) is 0.245. The van der Waals surface area contributed by atoms with Gasteiger partial charge < -0.3 is 4.42 Å². The van der Waals surface area contributed by atoms with Crippen molar-refractivity contribution in [1.82, 2.24) is 30.4 Å². The topological polar surface area (TPSA) is 82.5 Å². The third-order valence-corrected chi connectivity index (χ3v) is 4.17. The van der Waals surface area contributed by atoms with Gasteiger partial charge in [-0.15, -0.1) is 15.3 Å². The van der Waals surface area contributed by atoms with Crippen LogP contribution < -0.4 is 0 Å². The molecule has 4 rings (SSSR count).